The van der Waals surface area contributed by atoms with Crippen molar-refractivity contribution >= 4 is 11.7 Å². The summed E-state index contributed by atoms with van der Waals surface area (Å²) in [5, 5.41) is 0. The lowest BCUT2D eigenvalue weighted by Crippen LogP contribution is -2.04. The molecule has 2 aromatic rings. The number of rotatable bonds is 4. The Hall–Kier alpha value is -2.76. The first kappa shape index (κ1) is 13.7. The van der Waals surface area contributed by atoms with Crippen molar-refractivity contribution < 1.29 is 19.0 Å². The molecule has 20 heavy (non-hydrogen) atoms. The number of methoxy groups -OCH3 is 2. The molecule has 6 nitrogen and oxygen atoms in total. The maximum absolute atomic E-state index is 11.4. The zero-order chi connectivity index (χ0) is 14.5. The minimum atomic E-state index is -0.528. The van der Waals surface area contributed by atoms with Crippen LogP contribution in [-0.2, 0) is 4.74 Å². The van der Waals surface area contributed by atoms with E-state index in [-0.39, 0.29) is 5.69 Å². The second kappa shape index (κ2) is 5.92. The summed E-state index contributed by atoms with van der Waals surface area (Å²) in [4.78, 5) is 15.3. The zero-order valence-corrected chi connectivity index (χ0v) is 11.1. The summed E-state index contributed by atoms with van der Waals surface area (Å²) in [5.41, 5.74) is 6.41. The van der Waals surface area contributed by atoms with Crippen LogP contribution in [0.25, 0.3) is 0 Å². The predicted molar refractivity (Wildman–Crippen MR) is 73.1 cm³/mol. The molecular formula is C14H14N2O4. The number of nitrogen functional groups attached to an aromatic ring is 1. The first-order chi connectivity index (χ1) is 9.63. The van der Waals surface area contributed by atoms with Crippen molar-refractivity contribution in [3.63, 3.8) is 0 Å². The van der Waals surface area contributed by atoms with Gasteiger partial charge in [-0.05, 0) is 18.2 Å². The molecule has 0 radical (unpaired) electrons. The van der Waals surface area contributed by atoms with Crippen LogP contribution in [0, 0.1) is 0 Å². The Labute approximate surface area is 116 Å². The highest BCUT2D eigenvalue weighted by molar-refractivity contribution is 5.87. The second-order valence-electron chi connectivity index (χ2n) is 3.88. The summed E-state index contributed by atoms with van der Waals surface area (Å²) in [7, 11) is 2.81. The molecule has 0 unspecified atom stereocenters. The fourth-order valence-corrected chi connectivity index (χ4v) is 1.59. The van der Waals surface area contributed by atoms with E-state index in [0.29, 0.717) is 22.9 Å². The number of aromatic nitrogens is 1. The minimum Gasteiger partial charge on any atom is -0.493 e. The van der Waals surface area contributed by atoms with Gasteiger partial charge in [-0.15, -0.1) is 0 Å². The van der Waals surface area contributed by atoms with Gasteiger partial charge in [-0.1, -0.05) is 0 Å². The van der Waals surface area contributed by atoms with Gasteiger partial charge in [0.1, 0.15) is 5.75 Å². The van der Waals surface area contributed by atoms with E-state index in [1.807, 2.05) is 0 Å². The average molecular weight is 274 g/mol. The van der Waals surface area contributed by atoms with Crippen molar-refractivity contribution in [3.05, 3.63) is 42.2 Å². The molecule has 0 saturated heterocycles. The number of carbonyl (C=O) groups excluding carboxylic acids is 1. The Morgan fingerprint density at radius 2 is 1.95 bits per heavy atom. The minimum absolute atomic E-state index is 0.166. The molecule has 1 heterocycles. The van der Waals surface area contributed by atoms with Crippen LogP contribution in [0.4, 0.5) is 5.69 Å². The first-order valence-electron chi connectivity index (χ1n) is 5.79. The van der Waals surface area contributed by atoms with Crippen molar-refractivity contribution in [1.82, 2.24) is 4.98 Å². The number of benzene rings is 1. The molecular weight excluding hydrogens is 260 g/mol. The fraction of sp³-hybridized carbons (Fsp3) is 0.143. The molecule has 0 aliphatic rings. The van der Waals surface area contributed by atoms with Gasteiger partial charge in [-0.25, -0.2) is 9.78 Å². The van der Waals surface area contributed by atoms with Crippen LogP contribution >= 0.6 is 0 Å². The molecule has 2 rings (SSSR count). The van der Waals surface area contributed by atoms with E-state index in [0.717, 1.165) is 0 Å². The van der Waals surface area contributed by atoms with Gasteiger partial charge in [0.2, 0.25) is 0 Å². The zero-order valence-electron chi connectivity index (χ0n) is 11.1. The van der Waals surface area contributed by atoms with Gasteiger partial charge in [0, 0.05) is 24.0 Å². The third-order valence-electron chi connectivity index (χ3n) is 2.54. The maximum atomic E-state index is 11.4. The predicted octanol–water partition coefficient (Wildman–Crippen LogP) is 2.25. The van der Waals surface area contributed by atoms with Crippen LogP contribution < -0.4 is 15.2 Å². The summed E-state index contributed by atoms with van der Waals surface area (Å²) in [5.74, 6) is 0.910. The Kier molecular flexibility index (Phi) is 4.05. The van der Waals surface area contributed by atoms with Gasteiger partial charge in [0.15, 0.2) is 17.2 Å². The van der Waals surface area contributed by atoms with Crippen molar-refractivity contribution in [2.24, 2.45) is 0 Å². The molecule has 2 N–H and O–H groups in total. The molecule has 1 aromatic carbocycles. The van der Waals surface area contributed by atoms with E-state index in [4.69, 9.17) is 15.2 Å². The van der Waals surface area contributed by atoms with E-state index < -0.39 is 5.97 Å². The van der Waals surface area contributed by atoms with Crippen molar-refractivity contribution in [3.8, 4) is 17.2 Å². The smallest absolute Gasteiger partial charge is 0.356 e. The van der Waals surface area contributed by atoms with Gasteiger partial charge in [-0.2, -0.15) is 0 Å². The number of anilines is 1. The van der Waals surface area contributed by atoms with Gasteiger partial charge in [-0.3, -0.25) is 0 Å². The number of nitrogens with zero attached hydrogens (tertiary/aromatic N) is 1. The summed E-state index contributed by atoms with van der Waals surface area (Å²) in [6, 6.07) is 8.15. The van der Waals surface area contributed by atoms with Crippen LogP contribution in [0.1, 0.15) is 10.5 Å². The van der Waals surface area contributed by atoms with Crippen LogP contribution in [0.15, 0.2) is 36.5 Å². The lowest BCUT2D eigenvalue weighted by atomic mass is 10.3. The van der Waals surface area contributed by atoms with Gasteiger partial charge in [0.05, 0.1) is 14.2 Å². The lowest BCUT2D eigenvalue weighted by molar-refractivity contribution is 0.0593. The molecule has 0 fully saturated rings. The fourth-order valence-electron chi connectivity index (χ4n) is 1.59. The second-order valence-corrected chi connectivity index (χ2v) is 3.88. The number of ether oxygens (including phenoxy) is 3. The van der Waals surface area contributed by atoms with Crippen LogP contribution in [0.5, 0.6) is 17.2 Å². The molecule has 0 atom stereocenters. The van der Waals surface area contributed by atoms with E-state index in [9.17, 15) is 4.79 Å². The van der Waals surface area contributed by atoms with Gasteiger partial charge in [0.25, 0.3) is 0 Å². The number of esters is 1. The quantitative estimate of drug-likeness (QED) is 0.680. The average Bonchev–Trinajstić information content (AvgIpc) is 2.48. The number of pyridine rings is 1. The molecule has 0 aliphatic heterocycles. The molecule has 0 amide bonds. The first-order valence-corrected chi connectivity index (χ1v) is 5.79. The summed E-state index contributed by atoms with van der Waals surface area (Å²) >= 11 is 0. The van der Waals surface area contributed by atoms with Crippen LogP contribution in [-0.4, -0.2) is 25.2 Å². The SMILES string of the molecule is COC(=O)c1cc(Oc2ccc(N)cc2OC)ccn1. The molecule has 0 aliphatic carbocycles. The highest BCUT2D eigenvalue weighted by Crippen LogP contribution is 2.33. The highest BCUT2D eigenvalue weighted by atomic mass is 16.5. The van der Waals surface area contributed by atoms with E-state index >= 15 is 0 Å². The van der Waals surface area contributed by atoms with E-state index in [1.165, 1.54) is 26.5 Å². The number of nitrogens with two attached hydrogens (primary N) is 1. The topological polar surface area (TPSA) is 83.7 Å². The van der Waals surface area contributed by atoms with Crippen LogP contribution in [0.3, 0.4) is 0 Å². The van der Waals surface area contributed by atoms with Gasteiger partial charge >= 0.3 is 5.97 Å². The lowest BCUT2D eigenvalue weighted by Gasteiger charge is -2.11. The molecule has 0 saturated carbocycles. The third kappa shape index (κ3) is 2.97. The Bertz CT molecular complexity index is 628. The number of hydrogen-bond donors (Lipinski definition) is 1. The number of carbonyl (C=O) groups is 1. The van der Waals surface area contributed by atoms with Gasteiger partial charge < -0.3 is 19.9 Å². The Balaban J connectivity index is 2.28. The summed E-state index contributed by atoms with van der Waals surface area (Å²) in [6.07, 6.45) is 1.46. The Morgan fingerprint density at radius 3 is 2.65 bits per heavy atom. The molecule has 104 valence electrons. The Morgan fingerprint density at radius 1 is 1.15 bits per heavy atom. The van der Waals surface area contributed by atoms with E-state index in [2.05, 4.69) is 9.72 Å². The molecule has 0 bridgehead atoms. The third-order valence-corrected chi connectivity index (χ3v) is 2.54. The van der Waals surface area contributed by atoms with E-state index in [1.54, 1.807) is 24.3 Å². The maximum Gasteiger partial charge on any atom is 0.356 e. The summed E-state index contributed by atoms with van der Waals surface area (Å²) in [6.45, 7) is 0. The molecule has 0 spiro atoms. The van der Waals surface area contributed by atoms with Crippen molar-refractivity contribution in [2.45, 2.75) is 0 Å². The summed E-state index contributed by atoms with van der Waals surface area (Å²) < 4.78 is 15.5. The monoisotopic (exact) mass is 274 g/mol. The largest absolute Gasteiger partial charge is 0.493 e. The molecule has 6 heteroatoms. The number of hydrogen-bond acceptors (Lipinski definition) is 6. The van der Waals surface area contributed by atoms with Crippen molar-refractivity contribution in [1.29, 1.82) is 0 Å². The van der Waals surface area contributed by atoms with Crippen LogP contribution in [0.2, 0.25) is 0 Å². The normalized spacial score (nSPS) is 9.90. The molecule has 1 aromatic heterocycles. The standard InChI is InChI=1S/C14H14N2O4/c1-18-13-7-9(15)3-4-12(13)20-10-5-6-16-11(8-10)14(17)19-2/h3-8H,15H2,1-2H3. The van der Waals surface area contributed by atoms with Crippen molar-refractivity contribution in [2.75, 3.05) is 20.0 Å². The highest BCUT2D eigenvalue weighted by Gasteiger charge is 2.10.